The third-order valence-corrected chi connectivity index (χ3v) is 2.92. The molecule has 1 radical (unpaired) electrons. The molecule has 0 aliphatic heterocycles. The molecule has 0 fully saturated rings. The second kappa shape index (κ2) is 2.75. The van der Waals surface area contributed by atoms with Crippen molar-refractivity contribution in [2.75, 3.05) is 0 Å². The van der Waals surface area contributed by atoms with Crippen molar-refractivity contribution in [2.45, 2.75) is 6.92 Å². The molecule has 2 aromatic rings. The minimum atomic E-state index is 1.07. The Morgan fingerprint density at radius 1 is 1.55 bits per heavy atom. The molecular weight excluding hydrogens is 174 g/mol. The molecule has 0 bridgehead atoms. The summed E-state index contributed by atoms with van der Waals surface area (Å²) in [4.78, 5) is 4.35. The molecule has 11 heavy (non-hydrogen) atoms. The van der Waals surface area contributed by atoms with Gasteiger partial charge in [-0.05, 0) is 18.4 Å². The minimum absolute atomic E-state index is 1.07. The molecule has 55 valence electrons. The van der Waals surface area contributed by atoms with Gasteiger partial charge in [0, 0.05) is 16.6 Å². The lowest BCUT2D eigenvalue weighted by atomic mass is 10.4. The summed E-state index contributed by atoms with van der Waals surface area (Å²) < 4.78 is 0. The van der Waals surface area contributed by atoms with Crippen molar-refractivity contribution in [3.63, 3.8) is 0 Å². The first-order chi connectivity index (χ1) is 5.36. The SMILES string of the molecule is Cc1csc(-c2[c]scc2)n1. The molecule has 2 rings (SSSR count). The first-order valence-electron chi connectivity index (χ1n) is 3.24. The summed E-state index contributed by atoms with van der Waals surface area (Å²) >= 11 is 3.26. The zero-order chi connectivity index (χ0) is 7.68. The van der Waals surface area contributed by atoms with Crippen LogP contribution in [0.2, 0.25) is 0 Å². The lowest BCUT2D eigenvalue weighted by Gasteiger charge is -1.84. The number of rotatable bonds is 1. The molecule has 2 aromatic heterocycles. The van der Waals surface area contributed by atoms with E-state index in [4.69, 9.17) is 0 Å². The van der Waals surface area contributed by atoms with Crippen molar-refractivity contribution in [3.05, 3.63) is 27.9 Å². The summed E-state index contributed by atoms with van der Waals surface area (Å²) in [5, 5.41) is 8.31. The smallest absolute Gasteiger partial charge is 0.125 e. The van der Waals surface area contributed by atoms with Crippen LogP contribution in [0, 0.1) is 12.3 Å². The summed E-state index contributed by atoms with van der Waals surface area (Å²) in [6.45, 7) is 2.01. The Balaban J connectivity index is 2.45. The van der Waals surface area contributed by atoms with Crippen LogP contribution >= 0.6 is 22.7 Å². The second-order valence-electron chi connectivity index (χ2n) is 2.23. The molecule has 3 heteroatoms. The molecule has 0 atom stereocenters. The summed E-state index contributed by atoms with van der Waals surface area (Å²) in [6.07, 6.45) is 0. The van der Waals surface area contributed by atoms with E-state index in [2.05, 4.69) is 15.7 Å². The topological polar surface area (TPSA) is 12.9 Å². The third-order valence-electron chi connectivity index (χ3n) is 1.32. The van der Waals surface area contributed by atoms with Crippen molar-refractivity contribution in [1.29, 1.82) is 0 Å². The molecule has 0 saturated carbocycles. The molecular formula is C8H6NS2. The van der Waals surface area contributed by atoms with Gasteiger partial charge in [-0.2, -0.15) is 0 Å². The van der Waals surface area contributed by atoms with Gasteiger partial charge in [0.2, 0.25) is 0 Å². The van der Waals surface area contributed by atoms with E-state index in [1.807, 2.05) is 18.4 Å². The van der Waals surface area contributed by atoms with Gasteiger partial charge in [-0.3, -0.25) is 0 Å². The Morgan fingerprint density at radius 2 is 2.45 bits per heavy atom. The Morgan fingerprint density at radius 3 is 3.00 bits per heavy atom. The number of aryl methyl sites for hydroxylation is 1. The van der Waals surface area contributed by atoms with Gasteiger partial charge in [-0.25, -0.2) is 4.98 Å². The fraction of sp³-hybridized carbons (Fsp3) is 0.125. The van der Waals surface area contributed by atoms with Gasteiger partial charge >= 0.3 is 0 Å². The van der Waals surface area contributed by atoms with Gasteiger partial charge in [0.05, 0.1) is 5.38 Å². The van der Waals surface area contributed by atoms with E-state index in [9.17, 15) is 0 Å². The first kappa shape index (κ1) is 7.00. The van der Waals surface area contributed by atoms with Gasteiger partial charge in [-0.15, -0.1) is 22.7 Å². The molecule has 0 saturated heterocycles. The van der Waals surface area contributed by atoms with Gasteiger partial charge in [0.25, 0.3) is 0 Å². The highest BCUT2D eigenvalue weighted by atomic mass is 32.1. The average Bonchev–Trinajstić information content (AvgIpc) is 2.55. The Labute approximate surface area is 73.4 Å². The number of thiazole rings is 1. The van der Waals surface area contributed by atoms with Gasteiger partial charge in [0.1, 0.15) is 5.01 Å². The van der Waals surface area contributed by atoms with Crippen LogP contribution in [0.5, 0.6) is 0 Å². The number of hydrogen-bond donors (Lipinski definition) is 0. The maximum Gasteiger partial charge on any atom is 0.125 e. The number of hydrogen-bond acceptors (Lipinski definition) is 3. The highest BCUT2D eigenvalue weighted by Crippen LogP contribution is 2.24. The molecule has 0 aliphatic carbocycles. The monoisotopic (exact) mass is 180 g/mol. The zero-order valence-electron chi connectivity index (χ0n) is 6.00. The van der Waals surface area contributed by atoms with E-state index in [-0.39, 0.29) is 0 Å². The van der Waals surface area contributed by atoms with Crippen LogP contribution in [-0.4, -0.2) is 4.98 Å². The summed E-state index contributed by atoms with van der Waals surface area (Å²) in [5.41, 5.74) is 2.21. The van der Waals surface area contributed by atoms with Crippen LogP contribution in [0.15, 0.2) is 16.8 Å². The predicted molar refractivity (Wildman–Crippen MR) is 49.0 cm³/mol. The molecule has 0 N–H and O–H groups in total. The number of aromatic nitrogens is 1. The Kier molecular flexibility index (Phi) is 1.75. The molecule has 0 amide bonds. The van der Waals surface area contributed by atoms with Gasteiger partial charge < -0.3 is 0 Å². The van der Waals surface area contributed by atoms with Gasteiger partial charge in [-0.1, -0.05) is 0 Å². The van der Waals surface area contributed by atoms with Crippen molar-refractivity contribution in [1.82, 2.24) is 4.98 Å². The predicted octanol–water partition coefficient (Wildman–Crippen LogP) is 2.98. The molecule has 0 spiro atoms. The number of thiophene rings is 1. The second-order valence-corrected chi connectivity index (χ2v) is 3.80. The maximum absolute atomic E-state index is 4.35. The van der Waals surface area contributed by atoms with E-state index in [1.165, 1.54) is 0 Å². The van der Waals surface area contributed by atoms with E-state index < -0.39 is 0 Å². The number of nitrogens with zero attached hydrogens (tertiary/aromatic N) is 1. The summed E-state index contributed by atoms with van der Waals surface area (Å²) in [5.74, 6) is 0. The fourth-order valence-electron chi connectivity index (χ4n) is 0.826. The molecule has 0 aliphatic rings. The van der Waals surface area contributed by atoms with Crippen molar-refractivity contribution in [2.24, 2.45) is 0 Å². The van der Waals surface area contributed by atoms with Crippen LogP contribution in [0.3, 0.4) is 0 Å². The average molecular weight is 180 g/mol. The van der Waals surface area contributed by atoms with Crippen LogP contribution in [0.1, 0.15) is 5.69 Å². The van der Waals surface area contributed by atoms with Crippen LogP contribution < -0.4 is 0 Å². The van der Waals surface area contributed by atoms with Crippen LogP contribution in [-0.2, 0) is 0 Å². The summed E-state index contributed by atoms with van der Waals surface area (Å²) in [6, 6.07) is 2.04. The van der Waals surface area contributed by atoms with Crippen LogP contribution in [0.4, 0.5) is 0 Å². The van der Waals surface area contributed by atoms with Crippen LogP contribution in [0.25, 0.3) is 10.6 Å². The van der Waals surface area contributed by atoms with Crippen molar-refractivity contribution >= 4 is 22.7 Å². The minimum Gasteiger partial charge on any atom is -0.241 e. The van der Waals surface area contributed by atoms with E-state index >= 15 is 0 Å². The van der Waals surface area contributed by atoms with Gasteiger partial charge in [0.15, 0.2) is 0 Å². The first-order valence-corrected chi connectivity index (χ1v) is 5.00. The molecule has 1 nitrogen and oxygen atoms in total. The highest BCUT2D eigenvalue weighted by Gasteiger charge is 2.01. The van der Waals surface area contributed by atoms with E-state index in [1.54, 1.807) is 22.7 Å². The summed E-state index contributed by atoms with van der Waals surface area (Å²) in [7, 11) is 0. The fourth-order valence-corrected chi connectivity index (χ4v) is 2.23. The van der Waals surface area contributed by atoms with Crippen molar-refractivity contribution < 1.29 is 0 Å². The van der Waals surface area contributed by atoms with E-state index in [0.717, 1.165) is 16.3 Å². The normalized spacial score (nSPS) is 10.3. The Bertz CT molecular complexity index is 335. The lowest BCUT2D eigenvalue weighted by molar-refractivity contribution is 1.27. The third kappa shape index (κ3) is 1.34. The highest BCUT2D eigenvalue weighted by molar-refractivity contribution is 7.13. The quantitative estimate of drug-likeness (QED) is 0.657. The van der Waals surface area contributed by atoms with E-state index in [0.29, 0.717) is 0 Å². The molecule has 0 aromatic carbocycles. The Hall–Kier alpha value is -0.670. The maximum atomic E-state index is 4.35. The molecule has 0 unspecified atom stereocenters. The van der Waals surface area contributed by atoms with Crippen molar-refractivity contribution in [3.8, 4) is 10.6 Å². The lowest BCUT2D eigenvalue weighted by Crippen LogP contribution is -1.71. The zero-order valence-corrected chi connectivity index (χ0v) is 7.63. The largest absolute Gasteiger partial charge is 0.241 e. The molecule has 2 heterocycles. The standard InChI is InChI=1S/C8H6NS2/c1-6-4-11-8(9-6)7-2-3-10-5-7/h2-4H,1H3.